The Kier molecular flexibility index (Phi) is 5.22. The number of benzene rings is 1. The Morgan fingerprint density at radius 3 is 2.88 bits per heavy atom. The van der Waals surface area contributed by atoms with E-state index in [1.165, 1.54) is 0 Å². The molecule has 1 atom stereocenters. The number of nitrogens with zero attached hydrogens (tertiary/aromatic N) is 2. The largest absolute Gasteiger partial charge is 0.336 e. The predicted octanol–water partition coefficient (Wildman–Crippen LogP) is 0.834. The van der Waals surface area contributed by atoms with Gasteiger partial charge in [0.2, 0.25) is 15.9 Å². The molecule has 2 fully saturated rings. The number of amides is 1. The zero-order valence-corrected chi connectivity index (χ0v) is 14.9. The lowest BCUT2D eigenvalue weighted by molar-refractivity contribution is -0.135. The number of piperazine rings is 1. The molecule has 24 heavy (non-hydrogen) atoms. The first-order valence-corrected chi connectivity index (χ1v) is 10.1. The molecule has 3 rings (SSSR count). The minimum absolute atomic E-state index is 0.0162. The molecule has 2 saturated heterocycles. The van der Waals surface area contributed by atoms with E-state index >= 15 is 0 Å². The first-order chi connectivity index (χ1) is 11.5. The summed E-state index contributed by atoms with van der Waals surface area (Å²) in [5, 5.41) is 3.06. The van der Waals surface area contributed by atoms with Gasteiger partial charge < -0.3 is 10.2 Å². The highest BCUT2D eigenvalue weighted by molar-refractivity contribution is 7.89. The molecule has 0 aliphatic carbocycles. The van der Waals surface area contributed by atoms with Crippen LogP contribution in [0.15, 0.2) is 29.2 Å². The van der Waals surface area contributed by atoms with E-state index in [9.17, 15) is 13.2 Å². The molecule has 0 saturated carbocycles. The van der Waals surface area contributed by atoms with Gasteiger partial charge in [-0.25, -0.2) is 8.42 Å². The number of hydrogen-bond donors (Lipinski definition) is 1. The van der Waals surface area contributed by atoms with Crippen molar-refractivity contribution in [2.45, 2.75) is 37.1 Å². The molecule has 0 aromatic heterocycles. The zero-order valence-electron chi connectivity index (χ0n) is 14.1. The fourth-order valence-electron chi connectivity index (χ4n) is 3.48. The van der Waals surface area contributed by atoms with Crippen molar-refractivity contribution < 1.29 is 13.2 Å². The van der Waals surface area contributed by atoms with Crippen molar-refractivity contribution in [3.05, 3.63) is 29.8 Å². The average molecular weight is 351 g/mol. The third-order valence-electron chi connectivity index (χ3n) is 4.87. The van der Waals surface area contributed by atoms with Crippen LogP contribution >= 0.6 is 0 Å². The SMILES string of the molecule is CCc1cccc(S(=O)(=O)N2CCCC(N3CCNCC3=O)C2)c1. The van der Waals surface area contributed by atoms with E-state index in [1.54, 1.807) is 22.5 Å². The van der Waals surface area contributed by atoms with Crippen molar-refractivity contribution in [2.24, 2.45) is 0 Å². The van der Waals surface area contributed by atoms with Crippen molar-refractivity contribution >= 4 is 15.9 Å². The van der Waals surface area contributed by atoms with Gasteiger partial charge in [-0.05, 0) is 37.0 Å². The number of carbonyl (C=O) groups excluding carboxylic acids is 1. The van der Waals surface area contributed by atoms with Gasteiger partial charge in [-0.15, -0.1) is 0 Å². The van der Waals surface area contributed by atoms with Crippen LogP contribution in [-0.4, -0.2) is 62.3 Å². The third-order valence-corrected chi connectivity index (χ3v) is 6.73. The van der Waals surface area contributed by atoms with Gasteiger partial charge in [0, 0.05) is 32.2 Å². The Hall–Kier alpha value is -1.44. The number of piperidine rings is 1. The Morgan fingerprint density at radius 1 is 1.29 bits per heavy atom. The fourth-order valence-corrected chi connectivity index (χ4v) is 5.06. The van der Waals surface area contributed by atoms with Crippen LogP contribution in [0, 0.1) is 0 Å². The van der Waals surface area contributed by atoms with Gasteiger partial charge >= 0.3 is 0 Å². The summed E-state index contributed by atoms with van der Waals surface area (Å²) >= 11 is 0. The number of rotatable bonds is 4. The van der Waals surface area contributed by atoms with Crippen molar-refractivity contribution in [1.29, 1.82) is 0 Å². The highest BCUT2D eigenvalue weighted by atomic mass is 32.2. The molecule has 0 spiro atoms. The Morgan fingerprint density at radius 2 is 2.12 bits per heavy atom. The van der Waals surface area contributed by atoms with Gasteiger partial charge in [0.05, 0.1) is 11.4 Å². The van der Waals surface area contributed by atoms with Gasteiger partial charge in [-0.1, -0.05) is 19.1 Å². The van der Waals surface area contributed by atoms with E-state index in [2.05, 4.69) is 5.32 Å². The quantitative estimate of drug-likeness (QED) is 0.872. The van der Waals surface area contributed by atoms with Crippen molar-refractivity contribution in [3.8, 4) is 0 Å². The smallest absolute Gasteiger partial charge is 0.243 e. The molecule has 1 N–H and O–H groups in total. The number of aryl methyl sites for hydroxylation is 1. The van der Waals surface area contributed by atoms with Crippen molar-refractivity contribution in [2.75, 3.05) is 32.7 Å². The molecule has 6 nitrogen and oxygen atoms in total. The second-order valence-corrected chi connectivity index (χ2v) is 8.36. The number of hydrogen-bond acceptors (Lipinski definition) is 4. The summed E-state index contributed by atoms with van der Waals surface area (Å²) in [4.78, 5) is 14.3. The highest BCUT2D eigenvalue weighted by Crippen LogP contribution is 2.24. The maximum Gasteiger partial charge on any atom is 0.243 e. The molecule has 1 unspecified atom stereocenters. The number of carbonyl (C=O) groups is 1. The van der Waals surface area contributed by atoms with E-state index in [1.807, 2.05) is 17.9 Å². The van der Waals surface area contributed by atoms with Crippen LogP contribution in [0.1, 0.15) is 25.3 Å². The van der Waals surface area contributed by atoms with Crippen LogP contribution in [0.25, 0.3) is 0 Å². The van der Waals surface area contributed by atoms with Crippen LogP contribution in [0.5, 0.6) is 0 Å². The second-order valence-electron chi connectivity index (χ2n) is 6.42. The van der Waals surface area contributed by atoms with E-state index in [0.29, 0.717) is 31.1 Å². The summed E-state index contributed by atoms with van der Waals surface area (Å²) in [6, 6.07) is 7.14. The van der Waals surface area contributed by atoms with Gasteiger partial charge in [0.25, 0.3) is 0 Å². The lowest BCUT2D eigenvalue weighted by Crippen LogP contribution is -2.57. The monoisotopic (exact) mass is 351 g/mol. The Bertz CT molecular complexity index is 705. The molecule has 2 aliphatic heterocycles. The maximum atomic E-state index is 13.0. The molecule has 2 heterocycles. The molecule has 0 bridgehead atoms. The fraction of sp³-hybridized carbons (Fsp3) is 0.588. The van der Waals surface area contributed by atoms with Crippen LogP contribution < -0.4 is 5.32 Å². The van der Waals surface area contributed by atoms with E-state index in [4.69, 9.17) is 0 Å². The van der Waals surface area contributed by atoms with Crippen LogP contribution in [0.2, 0.25) is 0 Å². The van der Waals surface area contributed by atoms with Crippen LogP contribution in [0.3, 0.4) is 0 Å². The summed E-state index contributed by atoms with van der Waals surface area (Å²) in [6.07, 6.45) is 2.46. The normalized spacial score (nSPS) is 23.5. The third kappa shape index (κ3) is 3.48. The zero-order chi connectivity index (χ0) is 17.2. The molecule has 1 amide bonds. The molecular weight excluding hydrogens is 326 g/mol. The standard InChI is InChI=1S/C17H25N3O3S/c1-2-14-5-3-7-16(11-14)24(22,23)19-9-4-6-15(13-19)20-10-8-18-12-17(20)21/h3,5,7,11,15,18H,2,4,6,8-10,12-13H2,1H3. The van der Waals surface area contributed by atoms with Crippen LogP contribution in [-0.2, 0) is 21.2 Å². The number of sulfonamides is 1. The minimum atomic E-state index is -3.50. The van der Waals surface area contributed by atoms with E-state index < -0.39 is 10.0 Å². The van der Waals surface area contributed by atoms with Gasteiger partial charge in [0.1, 0.15) is 0 Å². The summed E-state index contributed by atoms with van der Waals surface area (Å²) in [5.74, 6) is 0.0680. The van der Waals surface area contributed by atoms with E-state index in [-0.39, 0.29) is 11.9 Å². The molecule has 1 aromatic rings. The Balaban J connectivity index is 1.79. The minimum Gasteiger partial charge on any atom is -0.336 e. The topological polar surface area (TPSA) is 69.7 Å². The molecular formula is C17H25N3O3S. The second kappa shape index (κ2) is 7.21. The van der Waals surface area contributed by atoms with Gasteiger partial charge in [-0.2, -0.15) is 4.31 Å². The average Bonchev–Trinajstić information content (AvgIpc) is 2.62. The molecule has 2 aliphatic rings. The lowest BCUT2D eigenvalue weighted by Gasteiger charge is -2.40. The highest BCUT2D eigenvalue weighted by Gasteiger charge is 2.35. The Labute approximate surface area is 143 Å². The lowest BCUT2D eigenvalue weighted by atomic mass is 10.1. The molecule has 0 radical (unpaired) electrons. The summed E-state index contributed by atoms with van der Waals surface area (Å²) in [7, 11) is -3.50. The van der Waals surface area contributed by atoms with Gasteiger partial charge in [0.15, 0.2) is 0 Å². The van der Waals surface area contributed by atoms with Crippen LogP contribution in [0.4, 0.5) is 0 Å². The molecule has 7 heteroatoms. The molecule has 1 aromatic carbocycles. The summed E-state index contributed by atoms with van der Waals surface area (Å²) in [5.41, 5.74) is 1.02. The first kappa shape index (κ1) is 17.4. The predicted molar refractivity (Wildman–Crippen MR) is 92.2 cm³/mol. The maximum absolute atomic E-state index is 13.0. The molecule has 132 valence electrons. The summed E-state index contributed by atoms with van der Waals surface area (Å²) < 4.78 is 27.5. The van der Waals surface area contributed by atoms with Crippen molar-refractivity contribution in [1.82, 2.24) is 14.5 Å². The van der Waals surface area contributed by atoms with Crippen molar-refractivity contribution in [3.63, 3.8) is 0 Å². The summed E-state index contributed by atoms with van der Waals surface area (Å²) in [6.45, 7) is 4.70. The number of nitrogens with one attached hydrogen (secondary N) is 1. The van der Waals surface area contributed by atoms with Gasteiger partial charge in [-0.3, -0.25) is 4.79 Å². The van der Waals surface area contributed by atoms with E-state index in [0.717, 1.165) is 31.4 Å². The first-order valence-electron chi connectivity index (χ1n) is 8.61.